The van der Waals surface area contributed by atoms with Crippen LogP contribution < -0.4 is 5.32 Å². The summed E-state index contributed by atoms with van der Waals surface area (Å²) >= 11 is 0. The summed E-state index contributed by atoms with van der Waals surface area (Å²) in [6.45, 7) is 8.68. The van der Waals surface area contributed by atoms with Gasteiger partial charge in [-0.1, -0.05) is 37.3 Å². The summed E-state index contributed by atoms with van der Waals surface area (Å²) in [5, 5.41) is 3.48. The molecule has 1 saturated heterocycles. The van der Waals surface area contributed by atoms with Crippen molar-refractivity contribution in [3.63, 3.8) is 0 Å². The minimum atomic E-state index is -0.960. The molecule has 144 valence electrons. The van der Waals surface area contributed by atoms with Crippen LogP contribution in [0.2, 0.25) is 0 Å². The Morgan fingerprint density at radius 1 is 1.19 bits per heavy atom. The molecule has 1 atom stereocenters. The van der Waals surface area contributed by atoms with E-state index in [9.17, 15) is 4.21 Å². The molecule has 1 aliphatic heterocycles. The van der Waals surface area contributed by atoms with Gasteiger partial charge in [0, 0.05) is 23.7 Å². The average molecular weight is 384 g/mol. The molecule has 1 aliphatic rings. The molecule has 0 amide bonds. The van der Waals surface area contributed by atoms with E-state index in [4.69, 9.17) is 0 Å². The molecule has 0 saturated carbocycles. The van der Waals surface area contributed by atoms with Crippen molar-refractivity contribution in [3.05, 3.63) is 54.1 Å². The maximum Gasteiger partial charge on any atom is 0.0866 e. The second kappa shape index (κ2) is 9.81. The molecule has 0 radical (unpaired) electrons. The van der Waals surface area contributed by atoms with Gasteiger partial charge in [-0.05, 0) is 55.7 Å². The van der Waals surface area contributed by atoms with Crippen LogP contribution in [0.1, 0.15) is 37.7 Å². The van der Waals surface area contributed by atoms with E-state index in [0.29, 0.717) is 11.7 Å². The molecular weight excluding hydrogens is 354 g/mol. The van der Waals surface area contributed by atoms with Gasteiger partial charge in [-0.15, -0.1) is 0 Å². The number of anilines is 1. The second-order valence-electron chi connectivity index (χ2n) is 7.02. The van der Waals surface area contributed by atoms with Crippen LogP contribution in [0.5, 0.6) is 0 Å². The van der Waals surface area contributed by atoms with Gasteiger partial charge in [0.25, 0.3) is 0 Å². The van der Waals surface area contributed by atoms with Gasteiger partial charge in [-0.25, -0.2) is 0 Å². The standard InChI is InChI=1S/C22H29N3OS/c1-3-15-27(26)20-9-10-21(22(16-20)23-2)24-17-25-13-11-19(12-14-25)18-7-5-4-6-8-18/h4-10,16,19,24H,2-3,11-15,17H2,1H3. The van der Waals surface area contributed by atoms with Crippen LogP contribution in [-0.2, 0) is 10.8 Å². The molecule has 1 fully saturated rings. The largest absolute Gasteiger partial charge is 0.371 e. The molecule has 2 aromatic carbocycles. The Morgan fingerprint density at radius 2 is 1.93 bits per heavy atom. The van der Waals surface area contributed by atoms with Crippen molar-refractivity contribution in [1.82, 2.24) is 4.90 Å². The highest BCUT2D eigenvalue weighted by Crippen LogP contribution is 2.30. The van der Waals surface area contributed by atoms with E-state index in [1.165, 1.54) is 18.4 Å². The Bertz CT molecular complexity index is 770. The van der Waals surface area contributed by atoms with Crippen LogP contribution in [0.3, 0.4) is 0 Å². The second-order valence-corrected chi connectivity index (χ2v) is 8.60. The highest BCUT2D eigenvalue weighted by atomic mass is 32.2. The Hall–Kier alpha value is -1.98. The smallest absolute Gasteiger partial charge is 0.0866 e. The average Bonchev–Trinajstić information content (AvgIpc) is 2.73. The van der Waals surface area contributed by atoms with Gasteiger partial charge in [0.05, 0.1) is 28.8 Å². The van der Waals surface area contributed by atoms with Crippen molar-refractivity contribution in [2.24, 2.45) is 4.99 Å². The molecule has 0 aromatic heterocycles. The van der Waals surface area contributed by atoms with Crippen molar-refractivity contribution in [3.8, 4) is 0 Å². The minimum Gasteiger partial charge on any atom is -0.371 e. The number of benzene rings is 2. The molecule has 1 N–H and O–H groups in total. The predicted molar refractivity (Wildman–Crippen MR) is 116 cm³/mol. The number of piperidine rings is 1. The van der Waals surface area contributed by atoms with E-state index in [-0.39, 0.29) is 0 Å². The molecule has 1 heterocycles. The third-order valence-corrected chi connectivity index (χ3v) is 6.70. The highest BCUT2D eigenvalue weighted by Gasteiger charge is 2.20. The lowest BCUT2D eigenvalue weighted by Crippen LogP contribution is -2.36. The molecule has 4 nitrogen and oxygen atoms in total. The van der Waals surface area contributed by atoms with Gasteiger partial charge in [-0.3, -0.25) is 14.1 Å². The van der Waals surface area contributed by atoms with Crippen LogP contribution in [0, 0.1) is 0 Å². The summed E-state index contributed by atoms with van der Waals surface area (Å²) in [4.78, 5) is 7.39. The van der Waals surface area contributed by atoms with E-state index >= 15 is 0 Å². The molecule has 5 heteroatoms. The first-order valence-electron chi connectivity index (χ1n) is 9.71. The zero-order chi connectivity index (χ0) is 19.1. The third kappa shape index (κ3) is 5.27. The number of hydrogen-bond acceptors (Lipinski definition) is 4. The molecule has 1 unspecified atom stereocenters. The molecule has 3 rings (SSSR count). The lowest BCUT2D eigenvalue weighted by Gasteiger charge is -2.32. The Kier molecular flexibility index (Phi) is 7.18. The fraction of sp³-hybridized carbons (Fsp3) is 0.409. The number of rotatable bonds is 8. The van der Waals surface area contributed by atoms with E-state index in [2.05, 4.69) is 52.3 Å². The van der Waals surface area contributed by atoms with Crippen LogP contribution in [0.25, 0.3) is 0 Å². The predicted octanol–water partition coefficient (Wildman–Crippen LogP) is 4.79. The lowest BCUT2D eigenvalue weighted by molar-refractivity contribution is 0.225. The number of likely N-dealkylation sites (tertiary alicyclic amines) is 1. The van der Waals surface area contributed by atoms with E-state index in [0.717, 1.165) is 42.4 Å². The van der Waals surface area contributed by atoms with E-state index < -0.39 is 10.8 Å². The Morgan fingerprint density at radius 3 is 2.59 bits per heavy atom. The summed E-state index contributed by atoms with van der Waals surface area (Å²) in [6.07, 6.45) is 3.28. The maximum absolute atomic E-state index is 12.2. The number of nitrogens with zero attached hydrogens (tertiary/aromatic N) is 2. The first kappa shape index (κ1) is 19.8. The highest BCUT2D eigenvalue weighted by molar-refractivity contribution is 7.85. The number of hydrogen-bond donors (Lipinski definition) is 1. The van der Waals surface area contributed by atoms with Gasteiger partial charge in [0.15, 0.2) is 0 Å². The zero-order valence-corrected chi connectivity index (χ0v) is 16.9. The number of aliphatic imine (C=N–C) groups is 1. The van der Waals surface area contributed by atoms with Gasteiger partial charge < -0.3 is 5.32 Å². The molecule has 0 aliphatic carbocycles. The third-order valence-electron chi connectivity index (χ3n) is 5.14. The van der Waals surface area contributed by atoms with Crippen molar-refractivity contribution >= 4 is 28.9 Å². The van der Waals surface area contributed by atoms with Crippen LogP contribution >= 0.6 is 0 Å². The Labute approximate surface area is 165 Å². The monoisotopic (exact) mass is 383 g/mol. The Balaban J connectivity index is 1.54. The summed E-state index contributed by atoms with van der Waals surface area (Å²) in [6, 6.07) is 16.6. The SMILES string of the molecule is C=Nc1cc(S(=O)CCC)ccc1NCN1CCC(c2ccccc2)CC1. The topological polar surface area (TPSA) is 44.7 Å². The molecular formula is C22H29N3OS. The number of nitrogens with one attached hydrogen (secondary N) is 1. The molecule has 0 spiro atoms. The summed E-state index contributed by atoms with van der Waals surface area (Å²) < 4.78 is 12.2. The first-order chi connectivity index (χ1) is 13.2. The van der Waals surface area contributed by atoms with Gasteiger partial charge in [0.2, 0.25) is 0 Å². The summed E-state index contributed by atoms with van der Waals surface area (Å²) in [5.41, 5.74) is 3.18. The van der Waals surface area contributed by atoms with Crippen molar-refractivity contribution in [2.45, 2.75) is 37.0 Å². The molecule has 2 aromatic rings. The quantitative estimate of drug-likeness (QED) is 0.667. The lowest BCUT2D eigenvalue weighted by atomic mass is 9.90. The van der Waals surface area contributed by atoms with Gasteiger partial charge in [0.1, 0.15) is 0 Å². The van der Waals surface area contributed by atoms with Crippen LogP contribution in [0.4, 0.5) is 11.4 Å². The van der Waals surface area contributed by atoms with Gasteiger partial charge in [-0.2, -0.15) is 0 Å². The maximum atomic E-state index is 12.2. The normalized spacial score (nSPS) is 16.8. The first-order valence-corrected chi connectivity index (χ1v) is 11.0. The van der Waals surface area contributed by atoms with E-state index in [1.807, 2.05) is 25.1 Å². The summed E-state index contributed by atoms with van der Waals surface area (Å²) in [7, 11) is -0.960. The minimum absolute atomic E-state index is 0.667. The van der Waals surface area contributed by atoms with Crippen molar-refractivity contribution in [2.75, 3.05) is 30.8 Å². The summed E-state index contributed by atoms with van der Waals surface area (Å²) in [5.74, 6) is 1.35. The van der Waals surface area contributed by atoms with Crippen molar-refractivity contribution in [1.29, 1.82) is 0 Å². The molecule has 27 heavy (non-hydrogen) atoms. The fourth-order valence-electron chi connectivity index (χ4n) is 3.58. The van der Waals surface area contributed by atoms with Gasteiger partial charge >= 0.3 is 0 Å². The van der Waals surface area contributed by atoms with Crippen LogP contribution in [-0.4, -0.2) is 41.3 Å². The zero-order valence-electron chi connectivity index (χ0n) is 16.1. The van der Waals surface area contributed by atoms with E-state index in [1.54, 1.807) is 0 Å². The fourth-order valence-corrected chi connectivity index (χ4v) is 4.65. The van der Waals surface area contributed by atoms with Crippen LogP contribution in [0.15, 0.2) is 58.4 Å². The van der Waals surface area contributed by atoms with Crippen molar-refractivity contribution < 1.29 is 4.21 Å². The molecule has 0 bridgehead atoms.